The van der Waals surface area contributed by atoms with Crippen molar-refractivity contribution in [2.45, 2.75) is 6.42 Å². The maximum absolute atomic E-state index is 4.38. The van der Waals surface area contributed by atoms with Crippen LogP contribution in [0.3, 0.4) is 0 Å². The summed E-state index contributed by atoms with van der Waals surface area (Å²) in [5, 5.41) is 4.45. The molecule has 0 bridgehead atoms. The minimum absolute atomic E-state index is 0.997. The standard InChI is InChI=1S/C8H17N3S/c1-11(2)6-5-10-8-9-4-3-7-12-8/h3-7H2,1-2H3,(H,9,10). The van der Waals surface area contributed by atoms with E-state index in [2.05, 4.69) is 29.3 Å². The van der Waals surface area contributed by atoms with Crippen molar-refractivity contribution in [3.63, 3.8) is 0 Å². The minimum atomic E-state index is 0.997. The van der Waals surface area contributed by atoms with Crippen LogP contribution >= 0.6 is 11.8 Å². The first kappa shape index (κ1) is 9.86. The van der Waals surface area contributed by atoms with Crippen LogP contribution in [-0.4, -0.2) is 49.6 Å². The van der Waals surface area contributed by atoms with Crippen molar-refractivity contribution in [3.05, 3.63) is 0 Å². The van der Waals surface area contributed by atoms with E-state index in [4.69, 9.17) is 0 Å². The smallest absolute Gasteiger partial charge is 0.156 e. The second-order valence-electron chi connectivity index (χ2n) is 3.12. The lowest BCUT2D eigenvalue weighted by Gasteiger charge is -2.15. The molecular weight excluding hydrogens is 170 g/mol. The molecule has 0 radical (unpaired) electrons. The van der Waals surface area contributed by atoms with E-state index in [9.17, 15) is 0 Å². The molecule has 4 heteroatoms. The Morgan fingerprint density at radius 1 is 1.58 bits per heavy atom. The molecule has 0 aromatic carbocycles. The number of likely N-dealkylation sites (N-methyl/N-ethyl adjacent to an activating group) is 1. The number of amidine groups is 1. The molecule has 1 aliphatic rings. The Morgan fingerprint density at radius 3 is 3.00 bits per heavy atom. The van der Waals surface area contributed by atoms with Crippen molar-refractivity contribution in [2.75, 3.05) is 39.5 Å². The van der Waals surface area contributed by atoms with Crippen LogP contribution in [0.4, 0.5) is 0 Å². The van der Waals surface area contributed by atoms with Crippen LogP contribution in [0, 0.1) is 0 Å². The van der Waals surface area contributed by atoms with Crippen molar-refractivity contribution < 1.29 is 0 Å². The van der Waals surface area contributed by atoms with Gasteiger partial charge in [-0.25, -0.2) is 0 Å². The highest BCUT2D eigenvalue weighted by molar-refractivity contribution is 8.13. The van der Waals surface area contributed by atoms with Gasteiger partial charge in [-0.05, 0) is 20.5 Å². The molecule has 0 saturated heterocycles. The third-order valence-electron chi connectivity index (χ3n) is 1.63. The van der Waals surface area contributed by atoms with Crippen LogP contribution < -0.4 is 5.32 Å². The molecule has 1 aliphatic heterocycles. The summed E-state index contributed by atoms with van der Waals surface area (Å²) in [6.07, 6.45) is 1.23. The predicted molar refractivity (Wildman–Crippen MR) is 55.9 cm³/mol. The maximum atomic E-state index is 4.38. The van der Waals surface area contributed by atoms with Gasteiger partial charge in [0, 0.05) is 25.4 Å². The molecule has 12 heavy (non-hydrogen) atoms. The topological polar surface area (TPSA) is 27.6 Å². The lowest BCUT2D eigenvalue weighted by molar-refractivity contribution is 0.413. The molecule has 0 atom stereocenters. The van der Waals surface area contributed by atoms with Crippen LogP contribution in [0.2, 0.25) is 0 Å². The lowest BCUT2D eigenvalue weighted by Crippen LogP contribution is -2.31. The van der Waals surface area contributed by atoms with E-state index in [0.29, 0.717) is 0 Å². The van der Waals surface area contributed by atoms with E-state index in [1.54, 1.807) is 0 Å². The first-order chi connectivity index (χ1) is 5.79. The van der Waals surface area contributed by atoms with E-state index < -0.39 is 0 Å². The summed E-state index contributed by atoms with van der Waals surface area (Å²) in [7, 11) is 4.16. The Kier molecular flexibility index (Phi) is 4.46. The molecular formula is C8H17N3S. The van der Waals surface area contributed by atoms with Crippen molar-refractivity contribution in [2.24, 2.45) is 4.99 Å². The van der Waals surface area contributed by atoms with Gasteiger partial charge >= 0.3 is 0 Å². The maximum Gasteiger partial charge on any atom is 0.156 e. The van der Waals surface area contributed by atoms with Crippen molar-refractivity contribution in [1.29, 1.82) is 0 Å². The Hall–Kier alpha value is -0.220. The Labute approximate surface area is 78.6 Å². The fourth-order valence-corrected chi connectivity index (χ4v) is 1.81. The average Bonchev–Trinajstić information content (AvgIpc) is 2.05. The Bertz CT molecular complexity index is 156. The molecule has 0 fully saturated rings. The summed E-state index contributed by atoms with van der Waals surface area (Å²) in [6, 6.07) is 0. The van der Waals surface area contributed by atoms with Crippen molar-refractivity contribution >= 4 is 16.9 Å². The number of nitrogens with one attached hydrogen (secondary N) is 1. The van der Waals surface area contributed by atoms with Gasteiger partial charge in [0.05, 0.1) is 0 Å². The van der Waals surface area contributed by atoms with Crippen molar-refractivity contribution in [3.8, 4) is 0 Å². The van der Waals surface area contributed by atoms with Gasteiger partial charge in [0.25, 0.3) is 0 Å². The van der Waals surface area contributed by atoms with Gasteiger partial charge in [0.15, 0.2) is 5.17 Å². The van der Waals surface area contributed by atoms with Crippen molar-refractivity contribution in [1.82, 2.24) is 10.2 Å². The number of thioether (sulfide) groups is 1. The van der Waals surface area contributed by atoms with Gasteiger partial charge < -0.3 is 10.2 Å². The fraction of sp³-hybridized carbons (Fsp3) is 0.875. The molecule has 0 aromatic rings. The van der Waals surface area contributed by atoms with Gasteiger partial charge in [-0.2, -0.15) is 0 Å². The van der Waals surface area contributed by atoms with E-state index >= 15 is 0 Å². The fourth-order valence-electron chi connectivity index (χ4n) is 0.953. The third kappa shape index (κ3) is 3.97. The molecule has 0 unspecified atom stereocenters. The molecule has 70 valence electrons. The highest BCUT2D eigenvalue weighted by Crippen LogP contribution is 2.09. The zero-order valence-electron chi connectivity index (χ0n) is 7.84. The highest BCUT2D eigenvalue weighted by atomic mass is 32.2. The molecule has 0 saturated carbocycles. The molecule has 0 amide bonds. The molecule has 0 aromatic heterocycles. The third-order valence-corrected chi connectivity index (χ3v) is 2.67. The van der Waals surface area contributed by atoms with E-state index in [1.165, 1.54) is 12.2 Å². The van der Waals surface area contributed by atoms with Gasteiger partial charge in [0.2, 0.25) is 0 Å². The number of nitrogens with zero attached hydrogens (tertiary/aromatic N) is 2. The van der Waals surface area contributed by atoms with Crippen LogP contribution in [0.25, 0.3) is 0 Å². The summed E-state index contributed by atoms with van der Waals surface area (Å²) in [5.74, 6) is 1.22. The lowest BCUT2D eigenvalue weighted by atomic mass is 10.5. The SMILES string of the molecule is CN(C)CCNC1=NCCCS1. The van der Waals surface area contributed by atoms with E-state index in [1.807, 2.05) is 11.8 Å². The zero-order valence-corrected chi connectivity index (χ0v) is 8.65. The molecule has 0 spiro atoms. The molecule has 3 nitrogen and oxygen atoms in total. The van der Waals surface area contributed by atoms with E-state index in [-0.39, 0.29) is 0 Å². The highest BCUT2D eigenvalue weighted by Gasteiger charge is 2.03. The Morgan fingerprint density at radius 2 is 2.42 bits per heavy atom. The quantitative estimate of drug-likeness (QED) is 0.702. The summed E-state index contributed by atoms with van der Waals surface area (Å²) in [4.78, 5) is 6.54. The first-order valence-electron chi connectivity index (χ1n) is 4.35. The zero-order chi connectivity index (χ0) is 8.81. The van der Waals surface area contributed by atoms with Crippen LogP contribution in [0.1, 0.15) is 6.42 Å². The van der Waals surface area contributed by atoms with Crippen LogP contribution in [0.15, 0.2) is 4.99 Å². The van der Waals surface area contributed by atoms with Gasteiger partial charge in [0.1, 0.15) is 0 Å². The Balaban J connectivity index is 2.09. The van der Waals surface area contributed by atoms with Crippen LogP contribution in [-0.2, 0) is 0 Å². The largest absolute Gasteiger partial charge is 0.364 e. The summed E-state index contributed by atoms with van der Waals surface area (Å²) >= 11 is 1.84. The summed E-state index contributed by atoms with van der Waals surface area (Å²) in [6.45, 7) is 3.07. The predicted octanol–water partition coefficient (Wildman–Crippen LogP) is 0.631. The summed E-state index contributed by atoms with van der Waals surface area (Å²) in [5.41, 5.74) is 0. The second kappa shape index (κ2) is 5.43. The molecule has 1 rings (SSSR count). The van der Waals surface area contributed by atoms with Crippen LogP contribution in [0.5, 0.6) is 0 Å². The van der Waals surface area contributed by atoms with Gasteiger partial charge in [-0.15, -0.1) is 0 Å². The van der Waals surface area contributed by atoms with Gasteiger partial charge in [-0.1, -0.05) is 11.8 Å². The van der Waals surface area contributed by atoms with Gasteiger partial charge in [-0.3, -0.25) is 4.99 Å². The number of hydrogen-bond acceptors (Lipinski definition) is 4. The summed E-state index contributed by atoms with van der Waals surface area (Å²) < 4.78 is 0. The minimum Gasteiger partial charge on any atom is -0.364 e. The van der Waals surface area contributed by atoms with E-state index in [0.717, 1.165) is 24.8 Å². The normalized spacial score (nSPS) is 17.8. The second-order valence-corrected chi connectivity index (χ2v) is 4.20. The monoisotopic (exact) mass is 187 g/mol. The number of rotatable bonds is 3. The molecule has 1 heterocycles. The molecule has 1 N–H and O–H groups in total. The molecule has 0 aliphatic carbocycles. The average molecular weight is 187 g/mol. The first-order valence-corrected chi connectivity index (χ1v) is 5.33. The number of aliphatic imine (C=N–C) groups is 1. The number of hydrogen-bond donors (Lipinski definition) is 1.